The fourth-order valence-electron chi connectivity index (χ4n) is 2.14. The molecule has 1 heterocycles. The highest BCUT2D eigenvalue weighted by molar-refractivity contribution is 7.21. The van der Waals surface area contributed by atoms with E-state index in [1.807, 2.05) is 18.2 Å². The van der Waals surface area contributed by atoms with E-state index in [1.54, 1.807) is 12.9 Å². The molecule has 0 bridgehead atoms. The van der Waals surface area contributed by atoms with Crippen molar-refractivity contribution in [2.45, 2.75) is 24.7 Å². The molecule has 17 heavy (non-hydrogen) atoms. The molecule has 0 spiro atoms. The second kappa shape index (κ2) is 5.81. The Bertz CT molecular complexity index is 394. The van der Waals surface area contributed by atoms with E-state index >= 15 is 0 Å². The maximum absolute atomic E-state index is 5.97. The van der Waals surface area contributed by atoms with Gasteiger partial charge in [-0.3, -0.25) is 0 Å². The number of rotatable bonds is 3. The summed E-state index contributed by atoms with van der Waals surface area (Å²) < 4.78 is 11.4. The van der Waals surface area contributed by atoms with Crippen LogP contribution in [-0.4, -0.2) is 27.2 Å². The SMILES string of the molecule is [B]/C(=C\P)C1OC(c2ccccc2)C[C@@H]1OC. The van der Waals surface area contributed by atoms with Crippen molar-refractivity contribution in [3.8, 4) is 0 Å². The van der Waals surface area contributed by atoms with Crippen molar-refractivity contribution in [2.24, 2.45) is 0 Å². The molecule has 1 fully saturated rings. The average molecular weight is 246 g/mol. The fraction of sp³-hybridized carbons (Fsp3) is 0.385. The van der Waals surface area contributed by atoms with E-state index < -0.39 is 0 Å². The summed E-state index contributed by atoms with van der Waals surface area (Å²) in [6.45, 7) is 0. The van der Waals surface area contributed by atoms with Crippen LogP contribution in [0.3, 0.4) is 0 Å². The van der Waals surface area contributed by atoms with Crippen LogP contribution in [-0.2, 0) is 9.47 Å². The zero-order valence-electron chi connectivity index (χ0n) is 9.87. The van der Waals surface area contributed by atoms with Crippen molar-refractivity contribution < 1.29 is 9.47 Å². The third-order valence-electron chi connectivity index (χ3n) is 3.09. The number of hydrogen-bond acceptors (Lipinski definition) is 2. The highest BCUT2D eigenvalue weighted by Crippen LogP contribution is 2.36. The largest absolute Gasteiger partial charge is 0.378 e. The van der Waals surface area contributed by atoms with Gasteiger partial charge < -0.3 is 9.47 Å². The quantitative estimate of drug-likeness (QED) is 0.602. The monoisotopic (exact) mass is 246 g/mol. The molecule has 1 saturated heterocycles. The highest BCUT2D eigenvalue weighted by atomic mass is 31.0. The Kier molecular flexibility index (Phi) is 4.39. The van der Waals surface area contributed by atoms with Crippen LogP contribution >= 0.6 is 9.24 Å². The van der Waals surface area contributed by atoms with Gasteiger partial charge in [0.05, 0.1) is 18.3 Å². The lowest BCUT2D eigenvalue weighted by Gasteiger charge is -2.18. The number of methoxy groups -OCH3 is 1. The van der Waals surface area contributed by atoms with Gasteiger partial charge in [0.25, 0.3) is 0 Å². The highest BCUT2D eigenvalue weighted by Gasteiger charge is 2.36. The van der Waals surface area contributed by atoms with Crippen molar-refractivity contribution in [3.63, 3.8) is 0 Å². The molecule has 3 unspecified atom stereocenters. The maximum atomic E-state index is 5.97. The van der Waals surface area contributed by atoms with Gasteiger partial charge in [-0.05, 0) is 5.56 Å². The molecular formula is C13H16BO2P. The number of ether oxygens (including phenoxy) is 2. The molecular weight excluding hydrogens is 230 g/mol. The Hall–Kier alpha value is -0.625. The first-order valence-electron chi connectivity index (χ1n) is 5.66. The lowest BCUT2D eigenvalue weighted by Crippen LogP contribution is -2.25. The molecule has 0 N–H and O–H groups in total. The Morgan fingerprint density at radius 2 is 2.18 bits per heavy atom. The van der Waals surface area contributed by atoms with Crippen LogP contribution in [0.1, 0.15) is 18.1 Å². The summed E-state index contributed by atoms with van der Waals surface area (Å²) in [5, 5.41) is 0. The Labute approximate surface area is 106 Å². The van der Waals surface area contributed by atoms with E-state index in [4.69, 9.17) is 17.3 Å². The van der Waals surface area contributed by atoms with Gasteiger partial charge in [-0.15, -0.1) is 9.24 Å². The second-order valence-corrected chi connectivity index (χ2v) is 4.47. The van der Waals surface area contributed by atoms with Gasteiger partial charge in [-0.1, -0.05) is 41.6 Å². The lowest BCUT2D eigenvalue weighted by atomic mass is 9.89. The van der Waals surface area contributed by atoms with E-state index in [-0.39, 0.29) is 18.3 Å². The first kappa shape index (κ1) is 12.8. The van der Waals surface area contributed by atoms with Crippen molar-refractivity contribution in [1.29, 1.82) is 0 Å². The topological polar surface area (TPSA) is 18.5 Å². The molecule has 2 rings (SSSR count). The molecule has 0 aliphatic carbocycles. The minimum absolute atomic E-state index is 0.0250. The van der Waals surface area contributed by atoms with Gasteiger partial charge in [0.2, 0.25) is 0 Å². The van der Waals surface area contributed by atoms with Crippen molar-refractivity contribution in [1.82, 2.24) is 0 Å². The predicted molar refractivity (Wildman–Crippen MR) is 73.0 cm³/mol. The Morgan fingerprint density at radius 1 is 1.47 bits per heavy atom. The van der Waals surface area contributed by atoms with Crippen LogP contribution in [0.4, 0.5) is 0 Å². The molecule has 0 amide bonds. The summed E-state index contributed by atoms with van der Waals surface area (Å²) in [6, 6.07) is 10.2. The van der Waals surface area contributed by atoms with Gasteiger partial charge in [-0.2, -0.15) is 0 Å². The molecule has 2 nitrogen and oxygen atoms in total. The summed E-state index contributed by atoms with van der Waals surface area (Å²) in [7, 11) is 10.1. The predicted octanol–water partition coefficient (Wildman–Crippen LogP) is 2.42. The van der Waals surface area contributed by atoms with E-state index in [0.717, 1.165) is 6.42 Å². The van der Waals surface area contributed by atoms with Crippen molar-refractivity contribution >= 4 is 17.1 Å². The minimum atomic E-state index is -0.150. The van der Waals surface area contributed by atoms with Gasteiger partial charge in [-0.25, -0.2) is 0 Å². The van der Waals surface area contributed by atoms with E-state index in [2.05, 4.69) is 21.4 Å². The molecule has 1 aromatic carbocycles. The zero-order valence-corrected chi connectivity index (χ0v) is 11.0. The van der Waals surface area contributed by atoms with Crippen molar-refractivity contribution in [2.75, 3.05) is 7.11 Å². The maximum Gasteiger partial charge on any atom is 0.111 e. The normalized spacial score (nSPS) is 29.5. The molecule has 0 aromatic heterocycles. The van der Waals surface area contributed by atoms with Gasteiger partial charge in [0, 0.05) is 13.5 Å². The Balaban J connectivity index is 2.15. The lowest BCUT2D eigenvalue weighted by molar-refractivity contribution is 0.0195. The van der Waals surface area contributed by atoms with Crippen LogP contribution < -0.4 is 0 Å². The van der Waals surface area contributed by atoms with Crippen LogP contribution in [0.15, 0.2) is 41.6 Å². The summed E-state index contributed by atoms with van der Waals surface area (Å²) in [6.07, 6.45) is 0.777. The Morgan fingerprint density at radius 3 is 2.76 bits per heavy atom. The molecule has 88 valence electrons. The summed E-state index contributed by atoms with van der Waals surface area (Å²) in [5.74, 6) is 1.80. The van der Waals surface area contributed by atoms with Crippen molar-refractivity contribution in [3.05, 3.63) is 47.2 Å². The summed E-state index contributed by atoms with van der Waals surface area (Å²) in [4.78, 5) is 0. The number of hydrogen-bond donors (Lipinski definition) is 0. The van der Waals surface area contributed by atoms with Crippen LogP contribution in [0.5, 0.6) is 0 Å². The first-order valence-corrected chi connectivity index (χ1v) is 6.33. The first-order chi connectivity index (χ1) is 8.26. The minimum Gasteiger partial charge on any atom is -0.378 e. The van der Waals surface area contributed by atoms with E-state index in [1.165, 1.54) is 5.56 Å². The molecule has 4 atom stereocenters. The fourth-order valence-corrected chi connectivity index (χ4v) is 2.33. The molecule has 0 saturated carbocycles. The molecule has 1 aliphatic heterocycles. The third kappa shape index (κ3) is 2.79. The van der Waals surface area contributed by atoms with E-state index in [9.17, 15) is 0 Å². The van der Waals surface area contributed by atoms with Gasteiger partial charge in [0.15, 0.2) is 0 Å². The third-order valence-corrected chi connectivity index (χ3v) is 3.47. The smallest absolute Gasteiger partial charge is 0.111 e. The van der Waals surface area contributed by atoms with Crippen LogP contribution in [0.2, 0.25) is 0 Å². The summed E-state index contributed by atoms with van der Waals surface area (Å²) >= 11 is 0. The van der Waals surface area contributed by atoms with Gasteiger partial charge in [0.1, 0.15) is 7.85 Å². The van der Waals surface area contributed by atoms with Crippen LogP contribution in [0.25, 0.3) is 0 Å². The second-order valence-electron chi connectivity index (χ2n) is 4.13. The molecule has 2 radical (unpaired) electrons. The van der Waals surface area contributed by atoms with E-state index in [0.29, 0.717) is 5.47 Å². The van der Waals surface area contributed by atoms with Gasteiger partial charge >= 0.3 is 0 Å². The average Bonchev–Trinajstić information content (AvgIpc) is 2.83. The molecule has 1 aliphatic rings. The zero-order chi connectivity index (χ0) is 12.3. The molecule has 4 heteroatoms. The standard InChI is InChI=1S/C13H16BO2P/c1-15-12-7-11(9-5-3-2-4-6-9)16-13(12)10(14)8-17/h2-6,8,11-13H,7,17H2,1H3/b10-8-/t11?,12-,13?/m0/s1. The van der Waals surface area contributed by atoms with Crippen LogP contribution in [0, 0.1) is 0 Å². The number of benzene rings is 1. The summed E-state index contributed by atoms with van der Waals surface area (Å²) in [5.41, 5.74) is 1.88. The molecule has 1 aromatic rings.